The number of benzene rings is 1. The van der Waals surface area contributed by atoms with Crippen LogP contribution < -0.4 is 4.72 Å². The Morgan fingerprint density at radius 3 is 2.52 bits per heavy atom. The smallest absolute Gasteiger partial charge is 0.244 e. The maximum absolute atomic E-state index is 13.1. The summed E-state index contributed by atoms with van der Waals surface area (Å²) in [6.07, 6.45) is 0.726. The van der Waals surface area contributed by atoms with E-state index in [1.807, 2.05) is 0 Å². The van der Waals surface area contributed by atoms with Crippen LogP contribution in [-0.4, -0.2) is 62.5 Å². The van der Waals surface area contributed by atoms with E-state index in [-0.39, 0.29) is 10.7 Å². The lowest BCUT2D eigenvalue weighted by Crippen LogP contribution is -2.38. The van der Waals surface area contributed by atoms with Crippen LogP contribution in [0.4, 0.5) is 4.39 Å². The molecule has 0 spiro atoms. The fraction of sp³-hybridized carbons (Fsp3) is 0.500. The highest BCUT2D eigenvalue weighted by Gasteiger charge is 2.25. The van der Waals surface area contributed by atoms with Gasteiger partial charge >= 0.3 is 0 Å². The standard InChI is InChI=1S/C18H25FN4O3S/c1-14-18(15(2)23(21-14)17-6-4-16(19)5-7-17)27(24,25)20-8-3-9-22-10-12-26-13-11-22/h4-7,20H,3,8-13H2,1-2H3. The van der Waals surface area contributed by atoms with Gasteiger partial charge in [0.2, 0.25) is 10.0 Å². The van der Waals surface area contributed by atoms with Crippen LogP contribution in [0.3, 0.4) is 0 Å². The third-order valence-corrected chi connectivity index (χ3v) is 6.32. The SMILES string of the molecule is Cc1nn(-c2ccc(F)cc2)c(C)c1S(=O)(=O)NCCCN1CCOCC1. The maximum Gasteiger partial charge on any atom is 0.244 e. The van der Waals surface area contributed by atoms with Crippen LogP contribution >= 0.6 is 0 Å². The van der Waals surface area contributed by atoms with Crippen molar-refractivity contribution in [2.24, 2.45) is 0 Å². The first-order valence-corrected chi connectivity index (χ1v) is 10.5. The van der Waals surface area contributed by atoms with Gasteiger partial charge in [-0.1, -0.05) is 0 Å². The van der Waals surface area contributed by atoms with E-state index in [0.29, 0.717) is 23.6 Å². The number of halogens is 1. The number of sulfonamides is 1. The third-order valence-electron chi connectivity index (χ3n) is 4.61. The number of nitrogens with one attached hydrogen (secondary N) is 1. The highest BCUT2D eigenvalue weighted by molar-refractivity contribution is 7.89. The quantitative estimate of drug-likeness (QED) is 0.720. The number of aryl methyl sites for hydroxylation is 1. The fourth-order valence-electron chi connectivity index (χ4n) is 3.26. The van der Waals surface area contributed by atoms with Gasteiger partial charge in [0.15, 0.2) is 0 Å². The summed E-state index contributed by atoms with van der Waals surface area (Å²) in [4.78, 5) is 2.44. The number of nitrogens with zero attached hydrogens (tertiary/aromatic N) is 3. The molecule has 1 saturated heterocycles. The normalized spacial score (nSPS) is 16.0. The van der Waals surface area contributed by atoms with Crippen LogP contribution in [0.2, 0.25) is 0 Å². The van der Waals surface area contributed by atoms with Gasteiger partial charge < -0.3 is 4.74 Å². The molecule has 0 atom stereocenters. The summed E-state index contributed by atoms with van der Waals surface area (Å²) in [5.41, 5.74) is 1.53. The lowest BCUT2D eigenvalue weighted by atomic mass is 10.3. The van der Waals surface area contributed by atoms with E-state index in [4.69, 9.17) is 4.74 Å². The Bertz CT molecular complexity index is 875. The van der Waals surface area contributed by atoms with Gasteiger partial charge in [0.1, 0.15) is 10.7 Å². The molecular weight excluding hydrogens is 371 g/mol. The zero-order valence-electron chi connectivity index (χ0n) is 15.6. The average molecular weight is 396 g/mol. The number of ether oxygens (including phenoxy) is 1. The van der Waals surface area contributed by atoms with Gasteiger partial charge in [-0.25, -0.2) is 22.2 Å². The predicted molar refractivity (Wildman–Crippen MR) is 100 cm³/mol. The minimum absolute atomic E-state index is 0.179. The maximum atomic E-state index is 13.1. The molecule has 0 amide bonds. The molecule has 27 heavy (non-hydrogen) atoms. The minimum atomic E-state index is -3.67. The van der Waals surface area contributed by atoms with Crippen LogP contribution in [0.25, 0.3) is 5.69 Å². The minimum Gasteiger partial charge on any atom is -0.379 e. The summed E-state index contributed by atoms with van der Waals surface area (Å²) >= 11 is 0. The van der Waals surface area contributed by atoms with E-state index >= 15 is 0 Å². The van der Waals surface area contributed by atoms with Crippen molar-refractivity contribution in [3.05, 3.63) is 41.5 Å². The molecule has 2 aromatic rings. The number of aromatic nitrogens is 2. The second kappa shape index (κ2) is 8.47. The number of hydrogen-bond acceptors (Lipinski definition) is 5. The topological polar surface area (TPSA) is 76.5 Å². The third kappa shape index (κ3) is 4.73. The first-order chi connectivity index (χ1) is 12.9. The summed E-state index contributed by atoms with van der Waals surface area (Å²) in [6, 6.07) is 5.79. The lowest BCUT2D eigenvalue weighted by molar-refractivity contribution is 0.0376. The fourth-order valence-corrected chi connectivity index (χ4v) is 4.72. The zero-order valence-corrected chi connectivity index (χ0v) is 16.4. The molecule has 0 radical (unpaired) electrons. The van der Waals surface area contributed by atoms with E-state index in [1.54, 1.807) is 26.0 Å². The molecule has 1 fully saturated rings. The molecule has 0 bridgehead atoms. The van der Waals surface area contributed by atoms with Crippen molar-refractivity contribution in [2.45, 2.75) is 25.2 Å². The molecule has 9 heteroatoms. The number of rotatable bonds is 7. The predicted octanol–water partition coefficient (Wildman–Crippen LogP) is 1.63. The molecule has 7 nitrogen and oxygen atoms in total. The molecule has 1 aromatic heterocycles. The molecule has 1 aliphatic rings. The molecule has 1 N–H and O–H groups in total. The molecule has 0 saturated carbocycles. The second-order valence-electron chi connectivity index (χ2n) is 6.59. The van der Waals surface area contributed by atoms with Crippen molar-refractivity contribution >= 4 is 10.0 Å². The lowest BCUT2D eigenvalue weighted by Gasteiger charge is -2.26. The molecular formula is C18H25FN4O3S. The van der Waals surface area contributed by atoms with Gasteiger partial charge in [0.05, 0.1) is 30.3 Å². The summed E-state index contributed by atoms with van der Waals surface area (Å²) < 4.78 is 48.2. The summed E-state index contributed by atoms with van der Waals surface area (Å²) in [7, 11) is -3.67. The monoisotopic (exact) mass is 396 g/mol. The Morgan fingerprint density at radius 1 is 1.19 bits per heavy atom. The second-order valence-corrected chi connectivity index (χ2v) is 8.30. The van der Waals surface area contributed by atoms with Crippen molar-refractivity contribution in [1.82, 2.24) is 19.4 Å². The number of hydrogen-bond donors (Lipinski definition) is 1. The Labute approximate surface area is 159 Å². The van der Waals surface area contributed by atoms with E-state index in [0.717, 1.165) is 39.3 Å². The van der Waals surface area contributed by atoms with Crippen molar-refractivity contribution in [2.75, 3.05) is 39.4 Å². The summed E-state index contributed by atoms with van der Waals surface area (Å²) in [6.45, 7) is 7.78. The molecule has 1 aliphatic heterocycles. The Kier molecular flexibility index (Phi) is 6.25. The van der Waals surface area contributed by atoms with E-state index < -0.39 is 10.0 Å². The molecule has 148 valence electrons. The molecule has 0 unspecified atom stereocenters. The van der Waals surface area contributed by atoms with Crippen LogP contribution in [-0.2, 0) is 14.8 Å². The van der Waals surface area contributed by atoms with Gasteiger partial charge in [-0.05, 0) is 51.1 Å². The van der Waals surface area contributed by atoms with Gasteiger partial charge in [0.25, 0.3) is 0 Å². The average Bonchev–Trinajstić information content (AvgIpc) is 2.95. The molecule has 3 rings (SSSR count). The molecule has 0 aliphatic carbocycles. The summed E-state index contributed by atoms with van der Waals surface area (Å²) in [5.74, 6) is -0.352. The van der Waals surface area contributed by atoms with Crippen molar-refractivity contribution in [1.29, 1.82) is 0 Å². The molecule has 1 aromatic carbocycles. The van der Waals surface area contributed by atoms with E-state index in [2.05, 4.69) is 14.7 Å². The van der Waals surface area contributed by atoms with Crippen molar-refractivity contribution in [3.8, 4) is 5.69 Å². The zero-order chi connectivity index (χ0) is 19.4. The van der Waals surface area contributed by atoms with Gasteiger partial charge in [0, 0.05) is 19.6 Å². The van der Waals surface area contributed by atoms with Crippen LogP contribution in [0.1, 0.15) is 17.8 Å². The van der Waals surface area contributed by atoms with Crippen LogP contribution in [0, 0.1) is 19.7 Å². The van der Waals surface area contributed by atoms with Gasteiger partial charge in [-0.15, -0.1) is 0 Å². The highest BCUT2D eigenvalue weighted by Crippen LogP contribution is 2.22. The van der Waals surface area contributed by atoms with Crippen LogP contribution in [0.5, 0.6) is 0 Å². The Balaban J connectivity index is 1.68. The number of morpholine rings is 1. The molecule has 2 heterocycles. The van der Waals surface area contributed by atoms with Crippen molar-refractivity contribution in [3.63, 3.8) is 0 Å². The Morgan fingerprint density at radius 2 is 1.85 bits per heavy atom. The highest BCUT2D eigenvalue weighted by atomic mass is 32.2. The van der Waals surface area contributed by atoms with E-state index in [9.17, 15) is 12.8 Å². The van der Waals surface area contributed by atoms with Gasteiger partial charge in [-0.2, -0.15) is 5.10 Å². The van der Waals surface area contributed by atoms with E-state index in [1.165, 1.54) is 16.8 Å². The largest absolute Gasteiger partial charge is 0.379 e. The first kappa shape index (κ1) is 19.9. The van der Waals surface area contributed by atoms with Crippen molar-refractivity contribution < 1.29 is 17.5 Å². The van der Waals surface area contributed by atoms with Crippen LogP contribution in [0.15, 0.2) is 29.2 Å². The first-order valence-electron chi connectivity index (χ1n) is 9.00. The summed E-state index contributed by atoms with van der Waals surface area (Å²) in [5, 5.41) is 4.33. The Hall–Kier alpha value is -1.81. The van der Waals surface area contributed by atoms with Gasteiger partial charge in [-0.3, -0.25) is 4.90 Å².